The molecule has 0 aliphatic carbocycles. The number of imide groups is 1. The molecule has 7 nitrogen and oxygen atoms in total. The van der Waals surface area contributed by atoms with Crippen molar-refractivity contribution in [2.45, 2.75) is 26.0 Å². The molecule has 1 aliphatic rings. The number of esters is 2. The standard InChI is InChI=1S/C27H23NO6/c1-18(29)34-22-14-12-19(13-15-22)16-23-24(27(32)33-17-20-8-4-2-5-9-20)28(26(23)31)25(30)21-10-6-3-7-11-21/h2-15,23-24H,16-17H2,1H3/t23-,24-/m0/s1. The van der Waals surface area contributed by atoms with Gasteiger partial charge in [-0.1, -0.05) is 60.7 Å². The zero-order chi connectivity index (χ0) is 24.1. The van der Waals surface area contributed by atoms with E-state index in [0.29, 0.717) is 11.3 Å². The van der Waals surface area contributed by atoms with Gasteiger partial charge in [-0.15, -0.1) is 0 Å². The Bertz CT molecular complexity index is 1190. The molecule has 34 heavy (non-hydrogen) atoms. The summed E-state index contributed by atoms with van der Waals surface area (Å²) in [4.78, 5) is 51.2. The van der Waals surface area contributed by atoms with Crippen molar-refractivity contribution in [2.24, 2.45) is 5.92 Å². The van der Waals surface area contributed by atoms with Crippen LogP contribution in [0.5, 0.6) is 5.75 Å². The number of nitrogens with zero attached hydrogens (tertiary/aromatic N) is 1. The van der Waals surface area contributed by atoms with Crippen LogP contribution < -0.4 is 4.74 Å². The van der Waals surface area contributed by atoms with Crippen molar-refractivity contribution in [3.8, 4) is 5.75 Å². The van der Waals surface area contributed by atoms with Gasteiger partial charge in [-0.25, -0.2) is 4.79 Å². The van der Waals surface area contributed by atoms with Crippen molar-refractivity contribution >= 4 is 23.8 Å². The Labute approximate surface area is 196 Å². The summed E-state index contributed by atoms with van der Waals surface area (Å²) in [7, 11) is 0. The zero-order valence-corrected chi connectivity index (χ0v) is 18.5. The SMILES string of the molecule is CC(=O)Oc1ccc(C[C@@H]2C(=O)N(C(=O)c3ccccc3)[C@@H]2C(=O)OCc2ccccc2)cc1. The van der Waals surface area contributed by atoms with Gasteiger partial charge in [-0.2, -0.15) is 0 Å². The van der Waals surface area contributed by atoms with E-state index in [1.807, 2.05) is 30.3 Å². The van der Waals surface area contributed by atoms with Crippen LogP contribution in [0.15, 0.2) is 84.9 Å². The lowest BCUT2D eigenvalue weighted by molar-refractivity contribution is -0.170. The molecular weight excluding hydrogens is 434 g/mol. The summed E-state index contributed by atoms with van der Waals surface area (Å²) in [5.74, 6) is -2.38. The molecule has 2 amide bonds. The Morgan fingerprint density at radius 3 is 2.06 bits per heavy atom. The Hall–Kier alpha value is -4.26. The van der Waals surface area contributed by atoms with E-state index in [1.54, 1.807) is 54.6 Å². The van der Waals surface area contributed by atoms with Crippen molar-refractivity contribution in [1.82, 2.24) is 4.90 Å². The molecule has 172 valence electrons. The number of benzene rings is 3. The van der Waals surface area contributed by atoms with Gasteiger partial charge >= 0.3 is 11.9 Å². The minimum atomic E-state index is -1.03. The first-order valence-corrected chi connectivity index (χ1v) is 10.8. The van der Waals surface area contributed by atoms with Crippen LogP contribution >= 0.6 is 0 Å². The molecular formula is C27H23NO6. The topological polar surface area (TPSA) is 90.0 Å². The van der Waals surface area contributed by atoms with Crippen LogP contribution in [-0.4, -0.2) is 34.7 Å². The number of carbonyl (C=O) groups is 4. The molecule has 1 heterocycles. The van der Waals surface area contributed by atoms with E-state index < -0.39 is 35.7 Å². The third-order valence-electron chi connectivity index (χ3n) is 5.56. The molecule has 3 aromatic carbocycles. The van der Waals surface area contributed by atoms with Gasteiger partial charge < -0.3 is 9.47 Å². The van der Waals surface area contributed by atoms with Crippen LogP contribution in [0.25, 0.3) is 0 Å². The fourth-order valence-corrected chi connectivity index (χ4v) is 3.89. The summed E-state index contributed by atoms with van der Waals surface area (Å²) in [6.45, 7) is 1.35. The number of β-lactam (4-membered cyclic amide) rings is 1. The van der Waals surface area contributed by atoms with Gasteiger partial charge in [0.15, 0.2) is 0 Å². The van der Waals surface area contributed by atoms with E-state index in [2.05, 4.69) is 0 Å². The fraction of sp³-hybridized carbons (Fsp3) is 0.185. The van der Waals surface area contributed by atoms with Crippen molar-refractivity contribution in [2.75, 3.05) is 0 Å². The average Bonchev–Trinajstić information content (AvgIpc) is 2.85. The summed E-state index contributed by atoms with van der Waals surface area (Å²) in [5.41, 5.74) is 1.89. The van der Waals surface area contributed by atoms with Gasteiger partial charge in [0, 0.05) is 12.5 Å². The highest BCUT2D eigenvalue weighted by atomic mass is 16.5. The van der Waals surface area contributed by atoms with Crippen LogP contribution in [0, 0.1) is 5.92 Å². The highest BCUT2D eigenvalue weighted by Gasteiger charge is 2.55. The summed E-state index contributed by atoms with van der Waals surface area (Å²) in [5, 5.41) is 0. The Kier molecular flexibility index (Phi) is 6.82. The smallest absolute Gasteiger partial charge is 0.330 e. The number of hydrogen-bond acceptors (Lipinski definition) is 6. The summed E-state index contributed by atoms with van der Waals surface area (Å²) < 4.78 is 10.5. The summed E-state index contributed by atoms with van der Waals surface area (Å²) in [6, 6.07) is 23.2. The fourth-order valence-electron chi connectivity index (χ4n) is 3.89. The highest BCUT2D eigenvalue weighted by Crippen LogP contribution is 2.33. The van der Waals surface area contributed by atoms with E-state index in [-0.39, 0.29) is 13.0 Å². The third-order valence-corrected chi connectivity index (χ3v) is 5.56. The second-order valence-corrected chi connectivity index (χ2v) is 7.97. The summed E-state index contributed by atoms with van der Waals surface area (Å²) >= 11 is 0. The largest absolute Gasteiger partial charge is 0.459 e. The Morgan fingerprint density at radius 2 is 1.44 bits per heavy atom. The van der Waals surface area contributed by atoms with Gasteiger partial charge in [-0.3, -0.25) is 19.3 Å². The average molecular weight is 457 g/mol. The summed E-state index contributed by atoms with van der Waals surface area (Å²) in [6.07, 6.45) is 0.239. The van der Waals surface area contributed by atoms with E-state index >= 15 is 0 Å². The molecule has 2 atom stereocenters. The second-order valence-electron chi connectivity index (χ2n) is 7.97. The first kappa shape index (κ1) is 22.9. The predicted octanol–water partition coefficient (Wildman–Crippen LogP) is 3.57. The maximum atomic E-state index is 13.0. The van der Waals surface area contributed by atoms with Gasteiger partial charge in [0.1, 0.15) is 18.4 Å². The number of carbonyl (C=O) groups excluding carboxylic acids is 4. The molecule has 7 heteroatoms. The minimum absolute atomic E-state index is 0.0432. The van der Waals surface area contributed by atoms with Crippen molar-refractivity contribution in [1.29, 1.82) is 0 Å². The van der Waals surface area contributed by atoms with Crippen molar-refractivity contribution in [3.05, 3.63) is 102 Å². The molecule has 0 bridgehead atoms. The number of ether oxygens (including phenoxy) is 2. The first-order valence-electron chi connectivity index (χ1n) is 10.8. The van der Waals surface area contributed by atoms with E-state index in [4.69, 9.17) is 9.47 Å². The van der Waals surface area contributed by atoms with Crippen LogP contribution in [-0.2, 0) is 32.1 Å². The molecule has 0 saturated carbocycles. The maximum absolute atomic E-state index is 13.0. The number of rotatable bonds is 7. The zero-order valence-electron chi connectivity index (χ0n) is 18.5. The molecule has 0 aromatic heterocycles. The van der Waals surface area contributed by atoms with Crippen LogP contribution in [0.4, 0.5) is 0 Å². The molecule has 0 unspecified atom stereocenters. The second kappa shape index (κ2) is 10.1. The number of amides is 2. The molecule has 1 aliphatic heterocycles. The van der Waals surface area contributed by atoms with Gasteiger partial charge in [0.05, 0.1) is 5.92 Å². The molecule has 4 rings (SSSR count). The van der Waals surface area contributed by atoms with Gasteiger partial charge in [-0.05, 0) is 41.8 Å². The lowest BCUT2D eigenvalue weighted by atomic mass is 9.81. The monoisotopic (exact) mass is 457 g/mol. The Balaban J connectivity index is 1.53. The van der Waals surface area contributed by atoms with E-state index in [1.165, 1.54) is 6.92 Å². The predicted molar refractivity (Wildman–Crippen MR) is 123 cm³/mol. The quantitative estimate of drug-likeness (QED) is 0.233. The van der Waals surface area contributed by atoms with Crippen molar-refractivity contribution < 1.29 is 28.7 Å². The normalized spacial score (nSPS) is 17.0. The van der Waals surface area contributed by atoms with E-state index in [0.717, 1.165) is 16.0 Å². The maximum Gasteiger partial charge on any atom is 0.330 e. The van der Waals surface area contributed by atoms with Crippen LogP contribution in [0.2, 0.25) is 0 Å². The Morgan fingerprint density at radius 1 is 0.824 bits per heavy atom. The van der Waals surface area contributed by atoms with Crippen molar-refractivity contribution in [3.63, 3.8) is 0 Å². The third kappa shape index (κ3) is 5.04. The molecule has 3 aromatic rings. The lowest BCUT2D eigenvalue weighted by Gasteiger charge is -2.43. The van der Waals surface area contributed by atoms with Gasteiger partial charge in [0.2, 0.25) is 5.91 Å². The molecule has 1 fully saturated rings. The number of likely N-dealkylation sites (tertiary alicyclic amines) is 1. The number of hydrogen-bond donors (Lipinski definition) is 0. The first-order chi connectivity index (χ1) is 16.4. The molecule has 0 radical (unpaired) electrons. The highest BCUT2D eigenvalue weighted by molar-refractivity contribution is 6.13. The molecule has 1 saturated heterocycles. The van der Waals surface area contributed by atoms with Crippen LogP contribution in [0.3, 0.4) is 0 Å². The molecule has 0 spiro atoms. The molecule has 0 N–H and O–H groups in total. The van der Waals surface area contributed by atoms with Gasteiger partial charge in [0.25, 0.3) is 5.91 Å². The van der Waals surface area contributed by atoms with Crippen LogP contribution in [0.1, 0.15) is 28.4 Å². The van der Waals surface area contributed by atoms with E-state index in [9.17, 15) is 19.2 Å². The minimum Gasteiger partial charge on any atom is -0.459 e. The lowest BCUT2D eigenvalue weighted by Crippen LogP contribution is -2.67.